The van der Waals surface area contributed by atoms with E-state index < -0.39 is 23.6 Å². The molecule has 0 unspecified atom stereocenters. The van der Waals surface area contributed by atoms with Gasteiger partial charge in [-0.05, 0) is 35.0 Å². The maximum atomic E-state index is 13.2. The largest absolute Gasteiger partial charge is 0.386 e. The number of rotatable bonds is 5. The van der Waals surface area contributed by atoms with Gasteiger partial charge >= 0.3 is 0 Å². The third-order valence-electron chi connectivity index (χ3n) is 3.55. The molecular formula is C16H13F2N5O2. The zero-order valence-corrected chi connectivity index (χ0v) is 12.8. The number of amides is 1. The van der Waals surface area contributed by atoms with Crippen molar-refractivity contribution < 1.29 is 18.7 Å². The second-order valence-electron chi connectivity index (χ2n) is 5.30. The van der Waals surface area contributed by atoms with Gasteiger partial charge in [0.15, 0.2) is 11.6 Å². The van der Waals surface area contributed by atoms with Crippen molar-refractivity contribution >= 4 is 5.91 Å². The van der Waals surface area contributed by atoms with E-state index >= 15 is 0 Å². The van der Waals surface area contributed by atoms with Crippen LogP contribution < -0.4 is 5.73 Å². The van der Waals surface area contributed by atoms with Gasteiger partial charge in [0.25, 0.3) is 0 Å². The first-order valence-corrected chi connectivity index (χ1v) is 7.25. The molecule has 0 radical (unpaired) electrons. The first-order valence-electron chi connectivity index (χ1n) is 7.25. The van der Waals surface area contributed by atoms with E-state index in [2.05, 4.69) is 15.4 Å². The van der Waals surface area contributed by atoms with Crippen LogP contribution in [0.2, 0.25) is 0 Å². The highest BCUT2D eigenvalue weighted by atomic mass is 19.2. The van der Waals surface area contributed by atoms with Gasteiger partial charge in [-0.25, -0.2) is 8.78 Å². The van der Waals surface area contributed by atoms with Crippen LogP contribution >= 0.6 is 0 Å². The summed E-state index contributed by atoms with van der Waals surface area (Å²) in [6, 6.07) is 9.45. The maximum absolute atomic E-state index is 13.2. The van der Waals surface area contributed by atoms with E-state index in [-0.39, 0.29) is 17.9 Å². The summed E-state index contributed by atoms with van der Waals surface area (Å²) >= 11 is 0. The van der Waals surface area contributed by atoms with Crippen LogP contribution in [0, 0.1) is 11.6 Å². The molecule has 128 valence electrons. The Hall–Kier alpha value is -3.20. The first kappa shape index (κ1) is 16.7. The van der Waals surface area contributed by atoms with Gasteiger partial charge in [-0.15, -0.1) is 10.2 Å². The molecule has 2 aromatic carbocycles. The van der Waals surface area contributed by atoms with E-state index in [1.165, 1.54) is 18.2 Å². The Morgan fingerprint density at radius 2 is 1.88 bits per heavy atom. The molecule has 1 aromatic heterocycles. The molecule has 0 saturated heterocycles. The Labute approximate surface area is 140 Å². The van der Waals surface area contributed by atoms with Gasteiger partial charge in [-0.3, -0.25) is 4.79 Å². The smallest absolute Gasteiger partial charge is 0.248 e. The van der Waals surface area contributed by atoms with Crippen LogP contribution in [0.1, 0.15) is 22.0 Å². The number of aliphatic hydroxyl groups is 1. The molecule has 0 bridgehead atoms. The Morgan fingerprint density at radius 3 is 2.52 bits per heavy atom. The lowest BCUT2D eigenvalue weighted by Crippen LogP contribution is -2.12. The molecule has 0 fully saturated rings. The predicted molar refractivity (Wildman–Crippen MR) is 83.1 cm³/mol. The van der Waals surface area contributed by atoms with Crippen molar-refractivity contribution in [2.24, 2.45) is 5.73 Å². The van der Waals surface area contributed by atoms with Gasteiger partial charge < -0.3 is 10.8 Å². The molecule has 3 aromatic rings. The highest BCUT2D eigenvalue weighted by molar-refractivity contribution is 5.93. The van der Waals surface area contributed by atoms with Crippen molar-refractivity contribution in [1.29, 1.82) is 0 Å². The Morgan fingerprint density at radius 1 is 1.16 bits per heavy atom. The van der Waals surface area contributed by atoms with Crippen molar-refractivity contribution in [3.8, 4) is 11.4 Å². The minimum atomic E-state index is -1.13. The number of nitrogens with zero attached hydrogens (tertiary/aromatic N) is 4. The summed E-state index contributed by atoms with van der Waals surface area (Å²) in [6.45, 7) is -0.0859. The molecule has 0 aliphatic rings. The number of hydrogen-bond acceptors (Lipinski definition) is 5. The number of benzene rings is 2. The average molecular weight is 345 g/mol. The number of aromatic nitrogens is 4. The zero-order chi connectivity index (χ0) is 18.0. The molecule has 9 heteroatoms. The number of hydrogen-bond donors (Lipinski definition) is 2. The summed E-state index contributed by atoms with van der Waals surface area (Å²) in [5.74, 6) is -2.29. The summed E-state index contributed by atoms with van der Waals surface area (Å²) in [4.78, 5) is 12.2. The van der Waals surface area contributed by atoms with Crippen molar-refractivity contribution in [2.75, 3.05) is 0 Å². The van der Waals surface area contributed by atoms with E-state index in [4.69, 9.17) is 5.73 Å². The molecule has 0 spiro atoms. The fourth-order valence-electron chi connectivity index (χ4n) is 2.20. The molecule has 25 heavy (non-hydrogen) atoms. The molecule has 7 nitrogen and oxygen atoms in total. The topological polar surface area (TPSA) is 107 Å². The number of nitrogens with two attached hydrogens (primary N) is 1. The molecule has 0 saturated carbocycles. The number of carbonyl (C=O) groups is 1. The second kappa shape index (κ2) is 6.73. The van der Waals surface area contributed by atoms with E-state index in [9.17, 15) is 18.7 Å². The summed E-state index contributed by atoms with van der Waals surface area (Å²) in [5.41, 5.74) is 6.33. The van der Waals surface area contributed by atoms with Crippen LogP contribution in [0.15, 0.2) is 42.5 Å². The highest BCUT2D eigenvalue weighted by Gasteiger charge is 2.14. The Kier molecular flexibility index (Phi) is 4.48. The number of tetrazole rings is 1. The van der Waals surface area contributed by atoms with E-state index in [0.29, 0.717) is 11.1 Å². The zero-order valence-electron chi connectivity index (χ0n) is 12.8. The summed E-state index contributed by atoms with van der Waals surface area (Å²) in [5, 5.41) is 21.9. The van der Waals surface area contributed by atoms with Crippen LogP contribution in [-0.2, 0) is 6.54 Å². The number of aliphatic hydroxyl groups excluding tert-OH is 1. The lowest BCUT2D eigenvalue weighted by atomic mass is 10.1. The molecular weight excluding hydrogens is 332 g/mol. The molecule has 1 atom stereocenters. The molecule has 1 heterocycles. The van der Waals surface area contributed by atoms with Crippen LogP contribution in [0.4, 0.5) is 8.78 Å². The standard InChI is InChI=1S/C16H13F2N5O2/c17-12-6-5-11(7-13(12)18)14(24)8-23-21-16(20-22-23)10-3-1-9(2-4-10)15(19)25/h1-7,14,24H,8H2,(H2,19,25)/t14-/m0/s1. The van der Waals surface area contributed by atoms with Crippen molar-refractivity contribution in [3.05, 3.63) is 65.2 Å². The fourth-order valence-corrected chi connectivity index (χ4v) is 2.20. The average Bonchev–Trinajstić information content (AvgIpc) is 3.05. The Bertz CT molecular complexity index is 911. The SMILES string of the molecule is NC(=O)c1ccc(-c2nnn(C[C@H](O)c3ccc(F)c(F)c3)n2)cc1. The summed E-state index contributed by atoms with van der Waals surface area (Å²) in [7, 11) is 0. The van der Waals surface area contributed by atoms with E-state index in [1.807, 2.05) is 0 Å². The van der Waals surface area contributed by atoms with E-state index in [0.717, 1.165) is 16.9 Å². The van der Waals surface area contributed by atoms with Gasteiger partial charge in [0.2, 0.25) is 11.7 Å². The number of carbonyl (C=O) groups excluding carboxylic acids is 1. The molecule has 1 amide bonds. The van der Waals surface area contributed by atoms with Crippen molar-refractivity contribution in [1.82, 2.24) is 20.2 Å². The first-order chi connectivity index (χ1) is 11.9. The maximum Gasteiger partial charge on any atom is 0.248 e. The van der Waals surface area contributed by atoms with Gasteiger partial charge in [0.1, 0.15) is 6.10 Å². The highest BCUT2D eigenvalue weighted by Crippen LogP contribution is 2.19. The number of primary amides is 1. The lowest BCUT2D eigenvalue weighted by molar-refractivity contribution is 0.1000. The van der Waals surface area contributed by atoms with Gasteiger partial charge in [-0.1, -0.05) is 18.2 Å². The molecule has 0 aliphatic carbocycles. The number of halogens is 2. The molecule has 3 N–H and O–H groups in total. The minimum Gasteiger partial charge on any atom is -0.386 e. The Balaban J connectivity index is 1.74. The normalized spacial score (nSPS) is 12.1. The molecule has 0 aliphatic heterocycles. The van der Waals surface area contributed by atoms with Gasteiger partial charge in [0.05, 0.1) is 6.54 Å². The van der Waals surface area contributed by atoms with Crippen LogP contribution in [-0.4, -0.2) is 31.2 Å². The van der Waals surface area contributed by atoms with Gasteiger partial charge in [-0.2, -0.15) is 4.80 Å². The summed E-state index contributed by atoms with van der Waals surface area (Å²) in [6.07, 6.45) is -1.13. The van der Waals surface area contributed by atoms with Crippen LogP contribution in [0.5, 0.6) is 0 Å². The quantitative estimate of drug-likeness (QED) is 0.728. The third-order valence-corrected chi connectivity index (χ3v) is 3.55. The van der Waals surface area contributed by atoms with E-state index in [1.54, 1.807) is 12.1 Å². The molecule has 3 rings (SSSR count). The lowest BCUT2D eigenvalue weighted by Gasteiger charge is -2.09. The van der Waals surface area contributed by atoms with Crippen molar-refractivity contribution in [3.63, 3.8) is 0 Å². The fraction of sp³-hybridized carbons (Fsp3) is 0.125. The van der Waals surface area contributed by atoms with Gasteiger partial charge in [0, 0.05) is 11.1 Å². The minimum absolute atomic E-state index is 0.0859. The van der Waals surface area contributed by atoms with Crippen LogP contribution in [0.3, 0.4) is 0 Å². The van der Waals surface area contributed by atoms with Crippen molar-refractivity contribution in [2.45, 2.75) is 12.6 Å². The van der Waals surface area contributed by atoms with Crippen LogP contribution in [0.25, 0.3) is 11.4 Å². The third kappa shape index (κ3) is 3.66. The summed E-state index contributed by atoms with van der Waals surface area (Å²) < 4.78 is 26.2. The predicted octanol–water partition coefficient (Wildman–Crippen LogP) is 1.45. The monoisotopic (exact) mass is 345 g/mol. The second-order valence-corrected chi connectivity index (χ2v) is 5.30.